The fourth-order valence-corrected chi connectivity index (χ4v) is 3.27. The molecule has 1 saturated carbocycles. The van der Waals surface area contributed by atoms with Crippen molar-refractivity contribution in [2.45, 2.75) is 51.0 Å². The molecule has 0 heterocycles. The highest BCUT2D eigenvalue weighted by Crippen LogP contribution is 2.38. The van der Waals surface area contributed by atoms with Gasteiger partial charge in [-0.15, -0.1) is 0 Å². The van der Waals surface area contributed by atoms with Crippen molar-refractivity contribution < 1.29 is 9.47 Å². The minimum atomic E-state index is 0.586. The topological polar surface area (TPSA) is 30.5 Å². The first-order chi connectivity index (χ1) is 9.78. The Kier molecular flexibility index (Phi) is 5.72. The van der Waals surface area contributed by atoms with Crippen LogP contribution in [-0.4, -0.2) is 26.8 Å². The third-order valence-corrected chi connectivity index (χ3v) is 4.30. The number of ether oxygens (including phenoxy) is 2. The van der Waals surface area contributed by atoms with E-state index in [1.807, 2.05) is 12.1 Å². The molecule has 0 radical (unpaired) electrons. The maximum atomic E-state index is 5.58. The van der Waals surface area contributed by atoms with Crippen LogP contribution < -0.4 is 14.8 Å². The third kappa shape index (κ3) is 3.66. The van der Waals surface area contributed by atoms with Gasteiger partial charge in [0.25, 0.3) is 0 Å². The second-order valence-corrected chi connectivity index (χ2v) is 5.58. The zero-order valence-electron chi connectivity index (χ0n) is 12.9. The molecule has 20 heavy (non-hydrogen) atoms. The molecule has 1 fully saturated rings. The molecule has 0 aromatic heterocycles. The lowest BCUT2D eigenvalue weighted by Gasteiger charge is -2.23. The molecule has 0 bridgehead atoms. The molecule has 3 heteroatoms. The fraction of sp³-hybridized carbons (Fsp3) is 0.647. The van der Waals surface area contributed by atoms with Crippen LogP contribution in [0.3, 0.4) is 0 Å². The van der Waals surface area contributed by atoms with E-state index >= 15 is 0 Å². The Bertz CT molecular complexity index is 419. The first-order valence-corrected chi connectivity index (χ1v) is 7.73. The van der Waals surface area contributed by atoms with E-state index in [-0.39, 0.29) is 0 Å². The Morgan fingerprint density at radius 3 is 2.65 bits per heavy atom. The molecule has 2 atom stereocenters. The summed E-state index contributed by atoms with van der Waals surface area (Å²) >= 11 is 0. The van der Waals surface area contributed by atoms with E-state index in [1.165, 1.54) is 37.7 Å². The van der Waals surface area contributed by atoms with Crippen molar-refractivity contribution in [3.63, 3.8) is 0 Å². The van der Waals surface area contributed by atoms with Gasteiger partial charge >= 0.3 is 0 Å². The molecular weight excluding hydrogens is 250 g/mol. The van der Waals surface area contributed by atoms with Crippen LogP contribution in [0.5, 0.6) is 11.5 Å². The molecule has 1 N–H and O–H groups in total. The second-order valence-electron chi connectivity index (χ2n) is 5.58. The normalized spacial score (nSPS) is 23.1. The lowest BCUT2D eigenvalue weighted by molar-refractivity contribution is 0.382. The fourth-order valence-electron chi connectivity index (χ4n) is 3.27. The molecule has 3 nitrogen and oxygen atoms in total. The van der Waals surface area contributed by atoms with Crippen molar-refractivity contribution in [3.05, 3.63) is 23.8 Å². The summed E-state index contributed by atoms with van der Waals surface area (Å²) in [5.74, 6) is 2.41. The number of hydrogen-bond acceptors (Lipinski definition) is 3. The van der Waals surface area contributed by atoms with Crippen LogP contribution in [0.25, 0.3) is 0 Å². The van der Waals surface area contributed by atoms with Gasteiger partial charge in [-0.25, -0.2) is 0 Å². The van der Waals surface area contributed by atoms with E-state index in [2.05, 4.69) is 18.3 Å². The third-order valence-electron chi connectivity index (χ3n) is 4.30. The molecule has 0 aliphatic heterocycles. The summed E-state index contributed by atoms with van der Waals surface area (Å²) in [4.78, 5) is 0. The predicted octanol–water partition coefficient (Wildman–Crippen LogP) is 3.73. The van der Waals surface area contributed by atoms with Crippen LogP contribution >= 0.6 is 0 Å². The highest BCUT2D eigenvalue weighted by Gasteiger charge is 2.23. The monoisotopic (exact) mass is 277 g/mol. The van der Waals surface area contributed by atoms with Crippen molar-refractivity contribution in [2.24, 2.45) is 0 Å². The van der Waals surface area contributed by atoms with Gasteiger partial charge in [-0.2, -0.15) is 0 Å². The summed E-state index contributed by atoms with van der Waals surface area (Å²) in [7, 11) is 3.44. The highest BCUT2D eigenvalue weighted by molar-refractivity contribution is 5.42. The van der Waals surface area contributed by atoms with E-state index < -0.39 is 0 Å². The molecule has 2 rings (SSSR count). The SMILES string of the molecule is CCNC1CCCCC(c2ccc(OC)cc2OC)C1. The van der Waals surface area contributed by atoms with Gasteiger partial charge in [0.15, 0.2) is 0 Å². The average molecular weight is 277 g/mol. The molecular formula is C17H27NO2. The molecule has 1 aliphatic carbocycles. The Balaban J connectivity index is 2.19. The van der Waals surface area contributed by atoms with E-state index in [0.717, 1.165) is 18.0 Å². The lowest BCUT2D eigenvalue weighted by Crippen LogP contribution is -2.29. The van der Waals surface area contributed by atoms with Crippen LogP contribution in [-0.2, 0) is 0 Å². The van der Waals surface area contributed by atoms with Gasteiger partial charge in [-0.05, 0) is 43.4 Å². The molecule has 1 aliphatic rings. The van der Waals surface area contributed by atoms with Crippen LogP contribution in [0.15, 0.2) is 18.2 Å². The number of benzene rings is 1. The highest BCUT2D eigenvalue weighted by atomic mass is 16.5. The van der Waals surface area contributed by atoms with E-state index in [4.69, 9.17) is 9.47 Å². The largest absolute Gasteiger partial charge is 0.497 e. The Hall–Kier alpha value is -1.22. The van der Waals surface area contributed by atoms with Crippen molar-refractivity contribution >= 4 is 0 Å². The van der Waals surface area contributed by atoms with Crippen LogP contribution in [0.2, 0.25) is 0 Å². The molecule has 0 amide bonds. The Labute approximate surface area is 122 Å². The van der Waals surface area contributed by atoms with E-state index in [9.17, 15) is 0 Å². The average Bonchev–Trinajstić information content (AvgIpc) is 2.72. The van der Waals surface area contributed by atoms with Crippen LogP contribution in [0.1, 0.15) is 50.5 Å². The lowest BCUT2D eigenvalue weighted by atomic mass is 9.89. The van der Waals surface area contributed by atoms with Gasteiger partial charge in [0.2, 0.25) is 0 Å². The summed E-state index contributed by atoms with van der Waals surface area (Å²) in [5, 5.41) is 3.62. The summed E-state index contributed by atoms with van der Waals surface area (Å²) < 4.78 is 10.9. The Morgan fingerprint density at radius 1 is 1.15 bits per heavy atom. The minimum absolute atomic E-state index is 0.586. The van der Waals surface area contributed by atoms with Crippen molar-refractivity contribution in [1.29, 1.82) is 0 Å². The van der Waals surface area contributed by atoms with Crippen LogP contribution in [0.4, 0.5) is 0 Å². The zero-order chi connectivity index (χ0) is 14.4. The van der Waals surface area contributed by atoms with Gasteiger partial charge in [0, 0.05) is 12.1 Å². The van der Waals surface area contributed by atoms with Crippen LogP contribution in [0, 0.1) is 0 Å². The quantitative estimate of drug-likeness (QED) is 0.832. The molecule has 112 valence electrons. The molecule has 2 unspecified atom stereocenters. The standard InChI is InChI=1S/C17H27NO2/c1-4-18-14-8-6-5-7-13(11-14)16-10-9-15(19-2)12-17(16)20-3/h9-10,12-14,18H,4-8,11H2,1-3H3. The van der Waals surface area contributed by atoms with Gasteiger partial charge in [0.1, 0.15) is 11.5 Å². The van der Waals surface area contributed by atoms with Gasteiger partial charge < -0.3 is 14.8 Å². The molecule has 0 spiro atoms. The summed E-state index contributed by atoms with van der Waals surface area (Å²) in [5.41, 5.74) is 1.33. The zero-order valence-corrected chi connectivity index (χ0v) is 12.9. The maximum absolute atomic E-state index is 5.58. The van der Waals surface area contributed by atoms with Gasteiger partial charge in [0.05, 0.1) is 14.2 Å². The number of methoxy groups -OCH3 is 2. The number of rotatable bonds is 5. The summed E-state index contributed by atoms with van der Waals surface area (Å²) in [6, 6.07) is 6.86. The predicted molar refractivity (Wildman–Crippen MR) is 82.8 cm³/mol. The molecule has 1 aromatic rings. The maximum Gasteiger partial charge on any atom is 0.126 e. The van der Waals surface area contributed by atoms with E-state index in [0.29, 0.717) is 12.0 Å². The smallest absolute Gasteiger partial charge is 0.126 e. The number of hydrogen-bond donors (Lipinski definition) is 1. The first kappa shape index (κ1) is 15.2. The first-order valence-electron chi connectivity index (χ1n) is 7.73. The van der Waals surface area contributed by atoms with Crippen molar-refractivity contribution in [3.8, 4) is 11.5 Å². The Morgan fingerprint density at radius 2 is 1.95 bits per heavy atom. The summed E-state index contributed by atoms with van der Waals surface area (Å²) in [6.07, 6.45) is 6.39. The van der Waals surface area contributed by atoms with Gasteiger partial charge in [-0.1, -0.05) is 25.8 Å². The summed E-state index contributed by atoms with van der Waals surface area (Å²) in [6.45, 7) is 3.24. The minimum Gasteiger partial charge on any atom is -0.497 e. The molecule has 0 saturated heterocycles. The number of nitrogens with one attached hydrogen (secondary N) is 1. The molecule has 1 aromatic carbocycles. The second kappa shape index (κ2) is 7.53. The van der Waals surface area contributed by atoms with Crippen molar-refractivity contribution in [2.75, 3.05) is 20.8 Å². The van der Waals surface area contributed by atoms with Gasteiger partial charge in [-0.3, -0.25) is 0 Å². The van der Waals surface area contributed by atoms with E-state index in [1.54, 1.807) is 14.2 Å². The van der Waals surface area contributed by atoms with Crippen molar-refractivity contribution in [1.82, 2.24) is 5.32 Å².